The molecule has 4 rings (SSSR count). The van der Waals surface area contributed by atoms with Crippen molar-refractivity contribution in [3.8, 4) is 5.75 Å². The van der Waals surface area contributed by atoms with E-state index in [1.807, 2.05) is 84.0 Å². The monoisotopic (exact) mass is 454 g/mol. The molecule has 1 heterocycles. The van der Waals surface area contributed by atoms with E-state index in [9.17, 15) is 9.59 Å². The van der Waals surface area contributed by atoms with Gasteiger partial charge in [-0.2, -0.15) is 0 Å². The van der Waals surface area contributed by atoms with Crippen LogP contribution in [0, 0.1) is 27.7 Å². The number of carbonyl (C=O) groups is 2. The average molecular weight is 455 g/mol. The highest BCUT2D eigenvalue weighted by atomic mass is 16.5. The van der Waals surface area contributed by atoms with Crippen molar-refractivity contribution >= 4 is 28.8 Å². The van der Waals surface area contributed by atoms with Crippen LogP contribution in [-0.4, -0.2) is 17.9 Å². The summed E-state index contributed by atoms with van der Waals surface area (Å²) >= 11 is 0. The van der Waals surface area contributed by atoms with E-state index in [0.717, 1.165) is 33.5 Å². The van der Waals surface area contributed by atoms with E-state index < -0.39 is 5.91 Å². The number of para-hydroxylation sites is 2. The minimum Gasteiger partial charge on any atom is -0.489 e. The molecule has 2 amide bonds. The van der Waals surface area contributed by atoms with Crippen LogP contribution in [0.25, 0.3) is 5.57 Å². The smallest absolute Gasteiger partial charge is 0.282 e. The molecule has 1 aliphatic heterocycles. The van der Waals surface area contributed by atoms with Crippen molar-refractivity contribution in [3.63, 3.8) is 0 Å². The van der Waals surface area contributed by atoms with E-state index in [1.165, 1.54) is 4.90 Å². The number of imide groups is 1. The highest BCUT2D eigenvalue weighted by Gasteiger charge is 2.42. The number of benzene rings is 3. The zero-order valence-electron chi connectivity index (χ0n) is 20.5. The molecule has 174 valence electrons. The predicted molar refractivity (Wildman–Crippen MR) is 137 cm³/mol. The molecule has 0 radical (unpaired) electrons. The van der Waals surface area contributed by atoms with E-state index in [-0.39, 0.29) is 17.7 Å². The standard InChI is InChI=1S/C29H30N2O3/c1-17(2)34-25-10-8-7-9-24(25)31-28(32)26(22-13-11-18(3)15-20(22)5)27(29(31)33)30-23-14-12-19(4)16-21(23)6/h7-17,30H,1-6H3. The number of rotatable bonds is 6. The lowest BCUT2D eigenvalue weighted by molar-refractivity contribution is -0.120. The first-order chi connectivity index (χ1) is 16.2. The molecule has 1 N–H and O–H groups in total. The summed E-state index contributed by atoms with van der Waals surface area (Å²) in [6.07, 6.45) is -0.103. The molecular weight excluding hydrogens is 424 g/mol. The van der Waals surface area contributed by atoms with Crippen molar-refractivity contribution in [2.45, 2.75) is 47.6 Å². The van der Waals surface area contributed by atoms with Crippen LogP contribution in [0.15, 0.2) is 66.4 Å². The topological polar surface area (TPSA) is 58.6 Å². The van der Waals surface area contributed by atoms with Crippen LogP contribution in [0.5, 0.6) is 5.75 Å². The van der Waals surface area contributed by atoms with E-state index in [2.05, 4.69) is 5.32 Å². The lowest BCUT2D eigenvalue weighted by atomic mass is 9.97. The summed E-state index contributed by atoms with van der Waals surface area (Å²) in [5, 5.41) is 3.29. The van der Waals surface area contributed by atoms with E-state index in [4.69, 9.17) is 4.74 Å². The van der Waals surface area contributed by atoms with Crippen molar-refractivity contribution in [1.82, 2.24) is 0 Å². The molecule has 5 heteroatoms. The van der Waals surface area contributed by atoms with Crippen LogP contribution in [0.4, 0.5) is 11.4 Å². The van der Waals surface area contributed by atoms with Gasteiger partial charge in [0, 0.05) is 5.69 Å². The summed E-state index contributed by atoms with van der Waals surface area (Å²) in [4.78, 5) is 28.9. The van der Waals surface area contributed by atoms with Gasteiger partial charge in [-0.3, -0.25) is 9.59 Å². The van der Waals surface area contributed by atoms with Gasteiger partial charge in [0.2, 0.25) is 0 Å². The zero-order valence-corrected chi connectivity index (χ0v) is 20.5. The fraction of sp³-hybridized carbons (Fsp3) is 0.241. The Labute approximate surface area is 201 Å². The molecule has 0 aromatic heterocycles. The summed E-state index contributed by atoms with van der Waals surface area (Å²) in [7, 11) is 0. The van der Waals surface area contributed by atoms with Gasteiger partial charge in [0.15, 0.2) is 0 Å². The normalized spacial score (nSPS) is 13.8. The van der Waals surface area contributed by atoms with Crippen molar-refractivity contribution in [1.29, 1.82) is 0 Å². The quantitative estimate of drug-likeness (QED) is 0.457. The molecule has 0 bridgehead atoms. The number of anilines is 2. The van der Waals surface area contributed by atoms with Crippen molar-refractivity contribution in [2.24, 2.45) is 0 Å². The zero-order chi connectivity index (χ0) is 24.6. The van der Waals surface area contributed by atoms with Crippen LogP contribution < -0.4 is 15.0 Å². The number of carbonyl (C=O) groups excluding carboxylic acids is 2. The molecule has 0 aliphatic carbocycles. The summed E-state index contributed by atoms with van der Waals surface area (Å²) in [5.74, 6) is -0.282. The number of nitrogens with zero attached hydrogens (tertiary/aromatic N) is 1. The molecule has 0 spiro atoms. The molecule has 0 atom stereocenters. The highest BCUT2D eigenvalue weighted by Crippen LogP contribution is 2.39. The first-order valence-corrected chi connectivity index (χ1v) is 11.5. The van der Waals surface area contributed by atoms with Gasteiger partial charge in [0.1, 0.15) is 11.4 Å². The first-order valence-electron chi connectivity index (χ1n) is 11.5. The van der Waals surface area contributed by atoms with Crippen LogP contribution >= 0.6 is 0 Å². The lowest BCUT2D eigenvalue weighted by Gasteiger charge is -2.21. The molecular formula is C29H30N2O3. The second-order valence-corrected chi connectivity index (χ2v) is 9.09. The van der Waals surface area contributed by atoms with E-state index >= 15 is 0 Å². The van der Waals surface area contributed by atoms with Crippen LogP contribution in [0.3, 0.4) is 0 Å². The maximum absolute atomic E-state index is 13.9. The third-order valence-corrected chi connectivity index (χ3v) is 5.85. The second-order valence-electron chi connectivity index (χ2n) is 9.09. The molecule has 1 aliphatic rings. The van der Waals surface area contributed by atoms with Crippen LogP contribution in [-0.2, 0) is 9.59 Å². The van der Waals surface area contributed by atoms with Crippen molar-refractivity contribution in [2.75, 3.05) is 10.2 Å². The predicted octanol–water partition coefficient (Wildman–Crippen LogP) is 6.10. The lowest BCUT2D eigenvalue weighted by Crippen LogP contribution is -2.33. The first kappa shape index (κ1) is 23.3. The Morgan fingerprint density at radius 2 is 1.44 bits per heavy atom. The van der Waals surface area contributed by atoms with Gasteiger partial charge in [-0.05, 0) is 76.4 Å². The van der Waals surface area contributed by atoms with Gasteiger partial charge in [-0.1, -0.05) is 53.6 Å². The summed E-state index contributed by atoms with van der Waals surface area (Å²) < 4.78 is 5.94. The molecule has 3 aromatic carbocycles. The van der Waals surface area contributed by atoms with Gasteiger partial charge in [0.05, 0.1) is 17.4 Å². The number of ether oxygens (including phenoxy) is 1. The van der Waals surface area contributed by atoms with Gasteiger partial charge in [0.25, 0.3) is 11.8 Å². The highest BCUT2D eigenvalue weighted by molar-refractivity contribution is 6.46. The maximum Gasteiger partial charge on any atom is 0.282 e. The van der Waals surface area contributed by atoms with Crippen LogP contribution in [0.1, 0.15) is 41.7 Å². The summed E-state index contributed by atoms with van der Waals surface area (Å²) in [6, 6.07) is 19.0. The van der Waals surface area contributed by atoms with Gasteiger partial charge < -0.3 is 10.1 Å². The minimum atomic E-state index is -0.403. The Hall–Kier alpha value is -3.86. The molecule has 3 aromatic rings. The number of hydrogen-bond acceptors (Lipinski definition) is 4. The number of nitrogens with one attached hydrogen (secondary N) is 1. The SMILES string of the molecule is Cc1ccc(NC2=C(c3ccc(C)cc3C)C(=O)N(c3ccccc3OC(C)C)C2=O)c(C)c1. The fourth-order valence-corrected chi connectivity index (χ4v) is 4.29. The maximum atomic E-state index is 13.9. The van der Waals surface area contributed by atoms with E-state index in [1.54, 1.807) is 18.2 Å². The van der Waals surface area contributed by atoms with Crippen LogP contribution in [0.2, 0.25) is 0 Å². The van der Waals surface area contributed by atoms with Gasteiger partial charge in [-0.25, -0.2) is 4.90 Å². The summed E-state index contributed by atoms with van der Waals surface area (Å²) in [6.45, 7) is 11.8. The van der Waals surface area contributed by atoms with Gasteiger partial charge >= 0.3 is 0 Å². The molecule has 34 heavy (non-hydrogen) atoms. The molecule has 0 fully saturated rings. The number of hydrogen-bond donors (Lipinski definition) is 1. The average Bonchev–Trinajstić information content (AvgIpc) is 3.00. The minimum absolute atomic E-state index is 0.103. The second kappa shape index (κ2) is 9.18. The number of amides is 2. The largest absolute Gasteiger partial charge is 0.489 e. The Balaban J connectivity index is 1.88. The molecule has 0 unspecified atom stereocenters. The Bertz CT molecular complexity index is 1320. The summed E-state index contributed by atoms with van der Waals surface area (Å²) in [5.41, 5.74) is 6.74. The fourth-order valence-electron chi connectivity index (χ4n) is 4.29. The Kier molecular flexibility index (Phi) is 6.29. The van der Waals surface area contributed by atoms with Crippen molar-refractivity contribution in [3.05, 3.63) is 94.2 Å². The van der Waals surface area contributed by atoms with Crippen molar-refractivity contribution < 1.29 is 14.3 Å². The molecule has 0 saturated heterocycles. The number of aryl methyl sites for hydroxylation is 4. The Morgan fingerprint density at radius 1 is 0.794 bits per heavy atom. The third-order valence-electron chi connectivity index (χ3n) is 5.85. The third kappa shape index (κ3) is 4.34. The van der Waals surface area contributed by atoms with Gasteiger partial charge in [-0.15, -0.1) is 0 Å². The molecule has 5 nitrogen and oxygen atoms in total. The van der Waals surface area contributed by atoms with E-state index in [0.29, 0.717) is 17.0 Å². The Morgan fingerprint density at radius 3 is 2.09 bits per heavy atom. The molecule has 0 saturated carbocycles.